The maximum absolute atomic E-state index is 12.3. The molecule has 0 saturated carbocycles. The Morgan fingerprint density at radius 2 is 2.06 bits per heavy atom. The van der Waals surface area contributed by atoms with Crippen molar-refractivity contribution in [3.05, 3.63) is 24.3 Å². The van der Waals surface area contributed by atoms with E-state index < -0.39 is 17.5 Å². The summed E-state index contributed by atoms with van der Waals surface area (Å²) in [6, 6.07) is 5.00. The Kier molecular flexibility index (Phi) is 5.03. The van der Waals surface area contributed by atoms with E-state index >= 15 is 0 Å². The SMILES string of the molecule is CCC(N)C(=O)Nc1ccccc1SC(F)(F)F. The molecule has 3 N–H and O–H groups in total. The second kappa shape index (κ2) is 6.10. The van der Waals surface area contributed by atoms with Crippen LogP contribution in [-0.2, 0) is 4.79 Å². The number of alkyl halides is 3. The fraction of sp³-hybridized carbons (Fsp3) is 0.364. The number of hydrogen-bond acceptors (Lipinski definition) is 3. The van der Waals surface area contributed by atoms with Gasteiger partial charge in [0.25, 0.3) is 0 Å². The lowest BCUT2D eigenvalue weighted by molar-refractivity contribution is -0.117. The van der Waals surface area contributed by atoms with Crippen LogP contribution in [-0.4, -0.2) is 17.5 Å². The minimum Gasteiger partial charge on any atom is -0.324 e. The molecule has 0 aliphatic rings. The van der Waals surface area contributed by atoms with E-state index in [-0.39, 0.29) is 22.3 Å². The Morgan fingerprint density at radius 1 is 1.44 bits per heavy atom. The number of hydrogen-bond donors (Lipinski definition) is 2. The predicted molar refractivity (Wildman–Crippen MR) is 65.3 cm³/mol. The van der Waals surface area contributed by atoms with Gasteiger partial charge in [0.2, 0.25) is 5.91 Å². The Balaban J connectivity index is 2.86. The zero-order chi connectivity index (χ0) is 13.8. The molecule has 1 aromatic rings. The summed E-state index contributed by atoms with van der Waals surface area (Å²) in [6.45, 7) is 1.72. The minimum atomic E-state index is -4.40. The van der Waals surface area contributed by atoms with Gasteiger partial charge in [-0.1, -0.05) is 19.1 Å². The minimum absolute atomic E-state index is 0.0540. The van der Waals surface area contributed by atoms with E-state index in [1.165, 1.54) is 18.2 Å². The Labute approximate surface area is 107 Å². The molecule has 0 radical (unpaired) electrons. The third kappa shape index (κ3) is 4.58. The predicted octanol–water partition coefficient (Wildman–Crippen LogP) is 2.97. The lowest BCUT2D eigenvalue weighted by Crippen LogP contribution is -2.34. The van der Waals surface area contributed by atoms with Crippen molar-refractivity contribution in [2.45, 2.75) is 29.8 Å². The molecule has 0 fully saturated rings. The van der Waals surface area contributed by atoms with E-state index in [2.05, 4.69) is 5.32 Å². The molecule has 0 aliphatic carbocycles. The van der Waals surface area contributed by atoms with Crippen LogP contribution in [0.3, 0.4) is 0 Å². The van der Waals surface area contributed by atoms with Gasteiger partial charge >= 0.3 is 5.51 Å². The quantitative estimate of drug-likeness (QED) is 0.832. The van der Waals surface area contributed by atoms with Gasteiger partial charge in [0.05, 0.1) is 11.7 Å². The van der Waals surface area contributed by atoms with Crippen molar-refractivity contribution < 1.29 is 18.0 Å². The first-order valence-corrected chi connectivity index (χ1v) is 6.06. The van der Waals surface area contributed by atoms with Crippen molar-refractivity contribution in [3.8, 4) is 0 Å². The Hall–Kier alpha value is -1.21. The van der Waals surface area contributed by atoms with Gasteiger partial charge < -0.3 is 11.1 Å². The molecule has 0 saturated heterocycles. The molecule has 0 spiro atoms. The van der Waals surface area contributed by atoms with Gasteiger partial charge in [-0.3, -0.25) is 4.79 Å². The molecule has 0 aromatic heterocycles. The van der Waals surface area contributed by atoms with Crippen LogP contribution in [0.2, 0.25) is 0 Å². The first-order chi connectivity index (χ1) is 8.33. The number of nitrogens with two attached hydrogens (primary N) is 1. The number of rotatable bonds is 4. The van der Waals surface area contributed by atoms with Gasteiger partial charge in [0.15, 0.2) is 0 Å². The molecule has 0 heterocycles. The number of halogens is 3. The fourth-order valence-corrected chi connectivity index (χ4v) is 1.82. The number of thioether (sulfide) groups is 1. The third-order valence-corrected chi connectivity index (χ3v) is 2.95. The van der Waals surface area contributed by atoms with Crippen LogP contribution in [0.4, 0.5) is 18.9 Å². The zero-order valence-electron chi connectivity index (χ0n) is 9.62. The number of nitrogens with one attached hydrogen (secondary N) is 1. The molecular weight excluding hydrogens is 265 g/mol. The second-order valence-corrected chi connectivity index (χ2v) is 4.65. The molecule has 1 unspecified atom stereocenters. The third-order valence-electron chi connectivity index (χ3n) is 2.15. The summed E-state index contributed by atoms with van der Waals surface area (Å²) in [7, 11) is 0. The summed E-state index contributed by atoms with van der Waals surface area (Å²) in [5, 5.41) is 2.40. The summed E-state index contributed by atoms with van der Waals surface area (Å²) < 4.78 is 36.9. The summed E-state index contributed by atoms with van der Waals surface area (Å²) >= 11 is -0.267. The van der Waals surface area contributed by atoms with Crippen molar-refractivity contribution in [2.24, 2.45) is 5.73 Å². The normalized spacial score (nSPS) is 13.2. The monoisotopic (exact) mass is 278 g/mol. The van der Waals surface area contributed by atoms with Crippen LogP contribution >= 0.6 is 11.8 Å². The maximum Gasteiger partial charge on any atom is 0.446 e. The molecule has 3 nitrogen and oxygen atoms in total. The fourth-order valence-electron chi connectivity index (χ4n) is 1.19. The molecule has 1 aromatic carbocycles. The average Bonchev–Trinajstić information content (AvgIpc) is 2.28. The van der Waals surface area contributed by atoms with Crippen LogP contribution in [0.1, 0.15) is 13.3 Å². The molecule has 0 bridgehead atoms. The molecule has 1 atom stereocenters. The van der Waals surface area contributed by atoms with E-state index in [1.807, 2.05) is 0 Å². The van der Waals surface area contributed by atoms with Gasteiger partial charge in [-0.25, -0.2) is 0 Å². The number of carbonyl (C=O) groups is 1. The lowest BCUT2D eigenvalue weighted by Gasteiger charge is -2.14. The Bertz CT molecular complexity index is 423. The highest BCUT2D eigenvalue weighted by Crippen LogP contribution is 2.40. The van der Waals surface area contributed by atoms with E-state index in [0.717, 1.165) is 0 Å². The van der Waals surface area contributed by atoms with Gasteiger partial charge in [0.1, 0.15) is 0 Å². The first kappa shape index (κ1) is 14.8. The van der Waals surface area contributed by atoms with Crippen LogP contribution in [0.5, 0.6) is 0 Å². The van der Waals surface area contributed by atoms with Crippen molar-refractivity contribution in [2.75, 3.05) is 5.32 Å². The number of benzene rings is 1. The molecule has 18 heavy (non-hydrogen) atoms. The van der Waals surface area contributed by atoms with Gasteiger partial charge in [-0.15, -0.1) is 0 Å². The standard InChI is InChI=1S/C11H13F3N2OS/c1-2-7(15)10(17)16-8-5-3-4-6-9(8)18-11(12,13)14/h3-7H,2,15H2,1H3,(H,16,17). The van der Waals surface area contributed by atoms with Crippen molar-refractivity contribution >= 4 is 23.4 Å². The van der Waals surface area contributed by atoms with Crippen LogP contribution in [0.25, 0.3) is 0 Å². The highest BCUT2D eigenvalue weighted by molar-refractivity contribution is 8.00. The van der Waals surface area contributed by atoms with Crippen LogP contribution in [0, 0.1) is 0 Å². The molecule has 1 amide bonds. The van der Waals surface area contributed by atoms with Crippen molar-refractivity contribution in [1.29, 1.82) is 0 Å². The molecule has 0 aliphatic heterocycles. The first-order valence-electron chi connectivity index (χ1n) is 5.24. The molecule has 100 valence electrons. The van der Waals surface area contributed by atoms with E-state index in [0.29, 0.717) is 6.42 Å². The second-order valence-electron chi connectivity index (χ2n) is 3.55. The lowest BCUT2D eigenvalue weighted by atomic mass is 10.2. The highest BCUT2D eigenvalue weighted by atomic mass is 32.2. The highest BCUT2D eigenvalue weighted by Gasteiger charge is 2.30. The molecule has 1 rings (SSSR count). The van der Waals surface area contributed by atoms with E-state index in [1.54, 1.807) is 13.0 Å². The largest absolute Gasteiger partial charge is 0.446 e. The average molecular weight is 278 g/mol. The van der Waals surface area contributed by atoms with Gasteiger partial charge in [-0.05, 0) is 30.3 Å². The summed E-state index contributed by atoms with van der Waals surface area (Å²) in [6.07, 6.45) is 0.417. The van der Waals surface area contributed by atoms with Crippen LogP contribution < -0.4 is 11.1 Å². The number of para-hydroxylation sites is 1. The van der Waals surface area contributed by atoms with Gasteiger partial charge in [-0.2, -0.15) is 13.2 Å². The number of amides is 1. The maximum atomic E-state index is 12.3. The van der Waals surface area contributed by atoms with Crippen molar-refractivity contribution in [3.63, 3.8) is 0 Å². The molecule has 7 heteroatoms. The van der Waals surface area contributed by atoms with E-state index in [4.69, 9.17) is 5.73 Å². The van der Waals surface area contributed by atoms with E-state index in [9.17, 15) is 18.0 Å². The topological polar surface area (TPSA) is 55.1 Å². The summed E-state index contributed by atoms with van der Waals surface area (Å²) in [5.74, 6) is -0.493. The van der Waals surface area contributed by atoms with Crippen LogP contribution in [0.15, 0.2) is 29.2 Å². The number of anilines is 1. The summed E-state index contributed by atoms with van der Waals surface area (Å²) in [5.41, 5.74) is 1.22. The summed E-state index contributed by atoms with van der Waals surface area (Å²) in [4.78, 5) is 11.5. The number of carbonyl (C=O) groups excluding carboxylic acids is 1. The molecular formula is C11H13F3N2OS. The van der Waals surface area contributed by atoms with Crippen molar-refractivity contribution in [1.82, 2.24) is 0 Å². The Morgan fingerprint density at radius 3 is 2.61 bits per heavy atom. The van der Waals surface area contributed by atoms with Gasteiger partial charge in [0, 0.05) is 4.90 Å². The zero-order valence-corrected chi connectivity index (χ0v) is 10.4. The smallest absolute Gasteiger partial charge is 0.324 e.